The number of rotatable bonds is 3. The van der Waals surface area contributed by atoms with Gasteiger partial charge in [0.15, 0.2) is 5.76 Å². The number of aryl methyl sites for hydroxylation is 1. The van der Waals surface area contributed by atoms with Gasteiger partial charge in [-0.1, -0.05) is 30.3 Å². The lowest BCUT2D eigenvalue weighted by Gasteiger charge is -2.25. The maximum atomic E-state index is 13.6. The summed E-state index contributed by atoms with van der Waals surface area (Å²) in [5.41, 5.74) is 1.63. The van der Waals surface area contributed by atoms with Gasteiger partial charge in [0.05, 0.1) is 6.54 Å². The molecule has 1 unspecified atom stereocenters. The highest BCUT2D eigenvalue weighted by Gasteiger charge is 2.46. The van der Waals surface area contributed by atoms with Gasteiger partial charge in [0, 0.05) is 37.0 Å². The van der Waals surface area contributed by atoms with Crippen LogP contribution in [0.3, 0.4) is 0 Å². The Kier molecular flexibility index (Phi) is 5.12. The van der Waals surface area contributed by atoms with E-state index in [0.29, 0.717) is 55.6 Å². The van der Waals surface area contributed by atoms with Gasteiger partial charge >= 0.3 is 6.09 Å². The number of ether oxygens (including phenoxy) is 1. The van der Waals surface area contributed by atoms with Gasteiger partial charge in [-0.2, -0.15) is 0 Å². The van der Waals surface area contributed by atoms with Crippen LogP contribution in [0.25, 0.3) is 11.0 Å². The highest BCUT2D eigenvalue weighted by atomic mass is 19.1. The summed E-state index contributed by atoms with van der Waals surface area (Å²) in [6.45, 7) is 3.83. The number of carbonyl (C=O) groups excluding carboxylic acids is 2. The Bertz CT molecular complexity index is 1180. The molecule has 2 amide bonds. The number of carbonyl (C=O) groups is 2. The second-order valence-corrected chi connectivity index (χ2v) is 8.74. The molecule has 2 fully saturated rings. The van der Waals surface area contributed by atoms with E-state index >= 15 is 0 Å². The minimum atomic E-state index is -0.576. The van der Waals surface area contributed by atoms with Gasteiger partial charge in [0.2, 0.25) is 0 Å². The Morgan fingerprint density at radius 1 is 1.12 bits per heavy atom. The molecule has 0 aliphatic carbocycles. The van der Waals surface area contributed by atoms with Crippen molar-refractivity contribution in [3.63, 3.8) is 0 Å². The molecule has 2 aromatic carbocycles. The van der Waals surface area contributed by atoms with E-state index in [4.69, 9.17) is 9.15 Å². The van der Waals surface area contributed by atoms with Crippen molar-refractivity contribution < 1.29 is 23.1 Å². The molecule has 0 saturated carbocycles. The summed E-state index contributed by atoms with van der Waals surface area (Å²) < 4.78 is 25.3. The number of benzene rings is 2. The van der Waals surface area contributed by atoms with Crippen LogP contribution < -0.4 is 0 Å². The van der Waals surface area contributed by atoms with E-state index in [-0.39, 0.29) is 23.6 Å². The SMILES string of the molecule is Cc1c(C(=O)N2CCCC3(CC2)CN(Cc2ccccc2)C(=O)O3)oc2ccc(F)cc12. The highest BCUT2D eigenvalue weighted by molar-refractivity contribution is 5.99. The summed E-state index contributed by atoms with van der Waals surface area (Å²) in [5.74, 6) is -0.322. The lowest BCUT2D eigenvalue weighted by Crippen LogP contribution is -2.37. The van der Waals surface area contributed by atoms with Crippen LogP contribution in [0.4, 0.5) is 9.18 Å². The summed E-state index contributed by atoms with van der Waals surface area (Å²) in [4.78, 5) is 29.3. The van der Waals surface area contributed by atoms with E-state index in [9.17, 15) is 14.0 Å². The van der Waals surface area contributed by atoms with E-state index in [1.54, 1.807) is 22.8 Å². The van der Waals surface area contributed by atoms with Crippen LogP contribution in [-0.2, 0) is 11.3 Å². The van der Waals surface area contributed by atoms with Crippen molar-refractivity contribution in [2.45, 2.75) is 38.3 Å². The van der Waals surface area contributed by atoms with Gasteiger partial charge in [0.1, 0.15) is 17.0 Å². The topological polar surface area (TPSA) is 63.0 Å². The number of amides is 2. The van der Waals surface area contributed by atoms with Crippen molar-refractivity contribution in [1.82, 2.24) is 9.80 Å². The lowest BCUT2D eigenvalue weighted by molar-refractivity contribution is 0.0436. The molecule has 2 aliphatic rings. The third-order valence-electron chi connectivity index (χ3n) is 6.53. The Balaban J connectivity index is 1.30. The number of furan rings is 1. The van der Waals surface area contributed by atoms with Gasteiger partial charge in [0.25, 0.3) is 5.91 Å². The smallest absolute Gasteiger partial charge is 0.410 e. The first-order valence-corrected chi connectivity index (χ1v) is 10.9. The fourth-order valence-corrected chi connectivity index (χ4v) is 4.79. The standard InChI is InChI=1S/C25H25FN2O4/c1-17-20-14-19(26)8-9-21(20)31-22(17)23(29)27-12-5-10-25(11-13-27)16-28(24(30)32-25)15-18-6-3-2-4-7-18/h2-4,6-9,14H,5,10-13,15-16H2,1H3. The molecule has 0 radical (unpaired) electrons. The van der Waals surface area contributed by atoms with Gasteiger partial charge in [-0.3, -0.25) is 9.69 Å². The van der Waals surface area contributed by atoms with Gasteiger partial charge in [-0.05, 0) is 43.5 Å². The number of fused-ring (bicyclic) bond motifs is 1. The van der Waals surface area contributed by atoms with E-state index < -0.39 is 5.60 Å². The fourth-order valence-electron chi connectivity index (χ4n) is 4.79. The van der Waals surface area contributed by atoms with Crippen molar-refractivity contribution in [2.24, 2.45) is 0 Å². The summed E-state index contributed by atoms with van der Waals surface area (Å²) in [6, 6.07) is 14.1. The van der Waals surface area contributed by atoms with E-state index in [1.807, 2.05) is 30.3 Å². The first-order valence-electron chi connectivity index (χ1n) is 10.9. The normalized spacial score (nSPS) is 21.2. The average molecular weight is 436 g/mol. The third kappa shape index (κ3) is 3.72. The number of halogens is 1. The second kappa shape index (κ2) is 7.97. The van der Waals surface area contributed by atoms with Crippen molar-refractivity contribution in [1.29, 1.82) is 0 Å². The third-order valence-corrected chi connectivity index (χ3v) is 6.53. The monoisotopic (exact) mass is 436 g/mol. The molecule has 2 aliphatic heterocycles. The number of nitrogens with zero attached hydrogens (tertiary/aromatic N) is 2. The molecule has 1 aromatic heterocycles. The summed E-state index contributed by atoms with van der Waals surface area (Å²) in [6.07, 6.45) is 1.71. The average Bonchev–Trinajstić information content (AvgIpc) is 3.17. The predicted octanol–water partition coefficient (Wildman–Crippen LogP) is 4.90. The molecule has 1 spiro atoms. The zero-order valence-electron chi connectivity index (χ0n) is 18.0. The molecule has 2 saturated heterocycles. The molecule has 0 N–H and O–H groups in total. The molecule has 0 bridgehead atoms. The Morgan fingerprint density at radius 3 is 2.75 bits per heavy atom. The summed E-state index contributed by atoms with van der Waals surface area (Å²) >= 11 is 0. The molecule has 166 valence electrons. The van der Waals surface area contributed by atoms with Gasteiger partial charge in [-0.15, -0.1) is 0 Å². The Morgan fingerprint density at radius 2 is 1.94 bits per heavy atom. The number of hydrogen-bond acceptors (Lipinski definition) is 4. The molecular weight excluding hydrogens is 411 g/mol. The predicted molar refractivity (Wildman–Crippen MR) is 117 cm³/mol. The Hall–Kier alpha value is -3.35. The molecule has 3 heterocycles. The molecule has 1 atom stereocenters. The molecule has 6 nitrogen and oxygen atoms in total. The van der Waals surface area contributed by atoms with Crippen LogP contribution in [0.1, 0.15) is 40.9 Å². The number of hydrogen-bond donors (Lipinski definition) is 0. The van der Waals surface area contributed by atoms with Crippen LogP contribution in [0.2, 0.25) is 0 Å². The first-order chi connectivity index (χ1) is 15.4. The van der Waals surface area contributed by atoms with Crippen LogP contribution in [-0.4, -0.2) is 47.0 Å². The number of likely N-dealkylation sites (tertiary alicyclic amines) is 1. The van der Waals surface area contributed by atoms with Crippen molar-refractivity contribution in [2.75, 3.05) is 19.6 Å². The zero-order valence-corrected chi connectivity index (χ0v) is 18.0. The van der Waals surface area contributed by atoms with E-state index in [2.05, 4.69) is 0 Å². The first kappa shape index (κ1) is 20.5. The van der Waals surface area contributed by atoms with Crippen LogP contribution in [0.15, 0.2) is 52.9 Å². The Labute approximate surface area is 185 Å². The van der Waals surface area contributed by atoms with Gasteiger partial charge in [-0.25, -0.2) is 9.18 Å². The minimum absolute atomic E-state index is 0.207. The largest absolute Gasteiger partial charge is 0.451 e. The van der Waals surface area contributed by atoms with E-state index in [0.717, 1.165) is 12.0 Å². The minimum Gasteiger partial charge on any atom is -0.451 e. The summed E-state index contributed by atoms with van der Waals surface area (Å²) in [5, 5.41) is 0.612. The maximum absolute atomic E-state index is 13.6. The van der Waals surface area contributed by atoms with Crippen LogP contribution in [0, 0.1) is 12.7 Å². The van der Waals surface area contributed by atoms with Crippen molar-refractivity contribution in [3.05, 3.63) is 71.2 Å². The quantitative estimate of drug-likeness (QED) is 0.586. The molecule has 3 aromatic rings. The molecule has 32 heavy (non-hydrogen) atoms. The highest BCUT2D eigenvalue weighted by Crippen LogP contribution is 2.35. The fraction of sp³-hybridized carbons (Fsp3) is 0.360. The summed E-state index contributed by atoms with van der Waals surface area (Å²) in [7, 11) is 0. The lowest BCUT2D eigenvalue weighted by atomic mass is 9.95. The molecule has 5 rings (SSSR count). The maximum Gasteiger partial charge on any atom is 0.410 e. The van der Waals surface area contributed by atoms with Crippen molar-refractivity contribution in [3.8, 4) is 0 Å². The molecule has 7 heteroatoms. The van der Waals surface area contributed by atoms with Crippen LogP contribution in [0.5, 0.6) is 0 Å². The molecular formula is C25H25FN2O4. The second-order valence-electron chi connectivity index (χ2n) is 8.74. The van der Waals surface area contributed by atoms with Gasteiger partial charge < -0.3 is 14.1 Å². The van der Waals surface area contributed by atoms with E-state index in [1.165, 1.54) is 12.1 Å². The van der Waals surface area contributed by atoms with Crippen molar-refractivity contribution >= 4 is 23.0 Å². The van der Waals surface area contributed by atoms with Crippen LogP contribution >= 0.6 is 0 Å². The zero-order chi connectivity index (χ0) is 22.3.